The minimum absolute atomic E-state index is 0.702. The first kappa shape index (κ1) is 15.3. The van der Waals surface area contributed by atoms with Crippen LogP contribution < -0.4 is 5.32 Å². The maximum atomic E-state index is 4.73. The Balaban J connectivity index is 1.81. The number of benzene rings is 3. The Morgan fingerprint density at radius 1 is 0.840 bits per heavy atom. The van der Waals surface area contributed by atoms with Crippen LogP contribution in [-0.4, -0.2) is 17.0 Å². The van der Waals surface area contributed by atoms with E-state index in [0.29, 0.717) is 5.82 Å². The lowest BCUT2D eigenvalue weighted by molar-refractivity contribution is 1.18. The van der Waals surface area contributed by atoms with Crippen molar-refractivity contribution in [1.29, 1.82) is 0 Å². The van der Waals surface area contributed by atoms with Crippen molar-refractivity contribution in [3.8, 4) is 0 Å². The molecule has 0 saturated heterocycles. The van der Waals surface area contributed by atoms with Crippen molar-refractivity contribution < 1.29 is 0 Å². The molecular formula is C22H19N3. The van der Waals surface area contributed by atoms with E-state index in [1.807, 2.05) is 31.3 Å². The van der Waals surface area contributed by atoms with Gasteiger partial charge in [0, 0.05) is 12.4 Å². The highest BCUT2D eigenvalue weighted by Crippen LogP contribution is 2.26. The molecule has 4 aromatic rings. The highest BCUT2D eigenvalue weighted by molar-refractivity contribution is 6.01. The number of nitrogens with one attached hydrogen (secondary N) is 1. The van der Waals surface area contributed by atoms with E-state index in [9.17, 15) is 0 Å². The van der Waals surface area contributed by atoms with Gasteiger partial charge < -0.3 is 5.32 Å². The molecule has 0 bridgehead atoms. The highest BCUT2D eigenvalue weighted by atomic mass is 15.0. The monoisotopic (exact) mass is 325 g/mol. The van der Waals surface area contributed by atoms with Gasteiger partial charge in [-0.15, -0.1) is 0 Å². The smallest absolute Gasteiger partial charge is 0.154 e. The molecule has 0 radical (unpaired) electrons. The van der Waals surface area contributed by atoms with Crippen molar-refractivity contribution in [3.05, 3.63) is 77.6 Å². The largest absolute Gasteiger partial charge is 0.373 e. The van der Waals surface area contributed by atoms with Crippen LogP contribution in [0.15, 0.2) is 60.7 Å². The van der Waals surface area contributed by atoms with Crippen molar-refractivity contribution >= 4 is 39.6 Å². The van der Waals surface area contributed by atoms with E-state index in [0.717, 1.165) is 22.3 Å². The maximum absolute atomic E-state index is 4.73. The van der Waals surface area contributed by atoms with Gasteiger partial charge in [-0.25, -0.2) is 9.97 Å². The number of aryl methyl sites for hydroxylation is 1. The van der Waals surface area contributed by atoms with Crippen LogP contribution >= 0.6 is 0 Å². The van der Waals surface area contributed by atoms with Crippen LogP contribution in [0.4, 0.5) is 5.82 Å². The zero-order valence-corrected chi connectivity index (χ0v) is 14.3. The van der Waals surface area contributed by atoms with Crippen LogP contribution in [-0.2, 0) is 0 Å². The predicted octanol–water partition coefficient (Wildman–Crippen LogP) is 5.30. The summed E-state index contributed by atoms with van der Waals surface area (Å²) in [5.41, 5.74) is 3.34. The number of hydrogen-bond donors (Lipinski definition) is 1. The van der Waals surface area contributed by atoms with E-state index < -0.39 is 0 Å². The van der Waals surface area contributed by atoms with E-state index in [2.05, 4.69) is 65.8 Å². The number of nitrogens with zero attached hydrogens (tertiary/aromatic N) is 2. The zero-order chi connectivity index (χ0) is 17.2. The zero-order valence-electron chi connectivity index (χ0n) is 14.3. The number of rotatable bonds is 3. The molecule has 0 fully saturated rings. The van der Waals surface area contributed by atoms with E-state index in [1.54, 1.807) is 0 Å². The van der Waals surface area contributed by atoms with Gasteiger partial charge in [0.25, 0.3) is 0 Å². The second-order valence-corrected chi connectivity index (χ2v) is 6.14. The summed E-state index contributed by atoms with van der Waals surface area (Å²) in [6, 6.07) is 21.0. The third-order valence-electron chi connectivity index (χ3n) is 4.32. The Morgan fingerprint density at radius 3 is 2.28 bits per heavy atom. The van der Waals surface area contributed by atoms with Crippen molar-refractivity contribution in [3.63, 3.8) is 0 Å². The SMILES string of the molecule is CNc1nc(/C=C/c2ccc(C)cc2)nc2cc3ccccc3cc12. The Bertz CT molecular complexity index is 1080. The third-order valence-corrected chi connectivity index (χ3v) is 4.32. The molecule has 1 heterocycles. The molecule has 0 aliphatic heterocycles. The number of aromatic nitrogens is 2. The van der Waals surface area contributed by atoms with Crippen molar-refractivity contribution in [2.75, 3.05) is 12.4 Å². The molecular weight excluding hydrogens is 306 g/mol. The summed E-state index contributed by atoms with van der Waals surface area (Å²) in [6.45, 7) is 2.09. The van der Waals surface area contributed by atoms with Crippen molar-refractivity contribution in [1.82, 2.24) is 9.97 Å². The Kier molecular flexibility index (Phi) is 3.90. The number of hydrogen-bond acceptors (Lipinski definition) is 3. The first-order valence-electron chi connectivity index (χ1n) is 8.36. The normalized spacial score (nSPS) is 11.4. The van der Waals surface area contributed by atoms with Gasteiger partial charge in [0.1, 0.15) is 5.82 Å². The molecule has 0 aliphatic rings. The number of anilines is 1. The van der Waals surface area contributed by atoms with Gasteiger partial charge in [0.2, 0.25) is 0 Å². The molecule has 3 nitrogen and oxygen atoms in total. The second kappa shape index (κ2) is 6.36. The molecule has 25 heavy (non-hydrogen) atoms. The lowest BCUT2D eigenvalue weighted by Gasteiger charge is -2.08. The molecule has 0 saturated carbocycles. The fourth-order valence-electron chi connectivity index (χ4n) is 2.95. The van der Waals surface area contributed by atoms with Crippen LogP contribution in [0.3, 0.4) is 0 Å². The summed E-state index contributed by atoms with van der Waals surface area (Å²) in [5, 5.41) is 6.61. The quantitative estimate of drug-likeness (QED) is 0.519. The topological polar surface area (TPSA) is 37.8 Å². The van der Waals surface area contributed by atoms with Gasteiger partial charge in [0.15, 0.2) is 5.82 Å². The average Bonchev–Trinajstić information content (AvgIpc) is 2.65. The minimum atomic E-state index is 0.702. The molecule has 4 rings (SSSR count). The van der Waals surface area contributed by atoms with Gasteiger partial charge in [-0.05, 0) is 41.5 Å². The first-order valence-corrected chi connectivity index (χ1v) is 8.36. The summed E-state index contributed by atoms with van der Waals surface area (Å²) in [4.78, 5) is 9.38. The predicted molar refractivity (Wildman–Crippen MR) is 107 cm³/mol. The van der Waals surface area contributed by atoms with Crippen LogP contribution in [0.2, 0.25) is 0 Å². The van der Waals surface area contributed by atoms with Crippen LogP contribution in [0.5, 0.6) is 0 Å². The van der Waals surface area contributed by atoms with Gasteiger partial charge in [0.05, 0.1) is 5.52 Å². The van der Waals surface area contributed by atoms with Crippen molar-refractivity contribution in [2.45, 2.75) is 6.92 Å². The molecule has 0 atom stereocenters. The molecule has 0 aliphatic carbocycles. The summed E-state index contributed by atoms with van der Waals surface area (Å²) >= 11 is 0. The maximum Gasteiger partial charge on any atom is 0.154 e. The van der Waals surface area contributed by atoms with E-state index in [4.69, 9.17) is 4.98 Å². The van der Waals surface area contributed by atoms with E-state index in [-0.39, 0.29) is 0 Å². The van der Waals surface area contributed by atoms with Crippen LogP contribution in [0.25, 0.3) is 33.8 Å². The molecule has 3 aromatic carbocycles. The lowest BCUT2D eigenvalue weighted by Crippen LogP contribution is -1.98. The lowest BCUT2D eigenvalue weighted by atomic mass is 10.1. The molecule has 0 amide bonds. The minimum Gasteiger partial charge on any atom is -0.373 e. The molecule has 122 valence electrons. The van der Waals surface area contributed by atoms with Gasteiger partial charge in [-0.2, -0.15) is 0 Å². The second-order valence-electron chi connectivity index (χ2n) is 6.14. The fourth-order valence-corrected chi connectivity index (χ4v) is 2.95. The first-order chi connectivity index (χ1) is 12.2. The summed E-state index contributed by atoms with van der Waals surface area (Å²) in [5.74, 6) is 1.55. The van der Waals surface area contributed by atoms with Gasteiger partial charge in [-0.1, -0.05) is 60.2 Å². The van der Waals surface area contributed by atoms with Crippen LogP contribution in [0.1, 0.15) is 17.0 Å². The van der Waals surface area contributed by atoms with E-state index in [1.165, 1.54) is 16.3 Å². The molecule has 1 aromatic heterocycles. The highest BCUT2D eigenvalue weighted by Gasteiger charge is 2.07. The Morgan fingerprint density at radius 2 is 1.56 bits per heavy atom. The Labute approximate surface area is 147 Å². The van der Waals surface area contributed by atoms with Crippen molar-refractivity contribution in [2.24, 2.45) is 0 Å². The van der Waals surface area contributed by atoms with Gasteiger partial charge in [-0.3, -0.25) is 0 Å². The molecule has 0 unspecified atom stereocenters. The molecule has 1 N–H and O–H groups in total. The summed E-state index contributed by atoms with van der Waals surface area (Å²) in [7, 11) is 1.89. The third kappa shape index (κ3) is 3.09. The molecule has 0 spiro atoms. The Hall–Kier alpha value is -3.20. The fraction of sp³-hybridized carbons (Fsp3) is 0.0909. The molecule has 3 heteroatoms. The average molecular weight is 325 g/mol. The summed E-state index contributed by atoms with van der Waals surface area (Å²) < 4.78 is 0. The summed E-state index contributed by atoms with van der Waals surface area (Å²) in [6.07, 6.45) is 4.00. The standard InChI is InChI=1S/C22H19N3/c1-15-7-9-16(10-8-15)11-12-21-24-20-14-18-6-4-3-5-17(18)13-19(20)22(23-2)25-21/h3-14H,1-2H3,(H,23,24,25)/b12-11+. The van der Waals surface area contributed by atoms with Crippen LogP contribution in [0, 0.1) is 6.92 Å². The van der Waals surface area contributed by atoms with E-state index >= 15 is 0 Å². The van der Waals surface area contributed by atoms with Gasteiger partial charge >= 0.3 is 0 Å². The number of fused-ring (bicyclic) bond motifs is 2.